The van der Waals surface area contributed by atoms with E-state index in [1.807, 2.05) is 24.3 Å². The smallest absolute Gasteiger partial charge is 0.255 e. The molecule has 2 N–H and O–H groups in total. The molecule has 2 rings (SSSR count). The van der Waals surface area contributed by atoms with E-state index in [0.29, 0.717) is 11.7 Å². The van der Waals surface area contributed by atoms with Gasteiger partial charge in [0.1, 0.15) is 0 Å². The number of aryl methyl sites for hydroxylation is 2. The number of aromatic nitrogens is 4. The first kappa shape index (κ1) is 12.0. The molecule has 0 radical (unpaired) electrons. The van der Waals surface area contributed by atoms with Gasteiger partial charge in [0.2, 0.25) is 0 Å². The molecule has 2 aromatic rings. The van der Waals surface area contributed by atoms with Crippen LogP contribution in [0.3, 0.4) is 0 Å². The minimum atomic E-state index is -0.0896. The fourth-order valence-electron chi connectivity index (χ4n) is 2.11. The van der Waals surface area contributed by atoms with Crippen molar-refractivity contribution in [1.82, 2.24) is 19.6 Å². The van der Waals surface area contributed by atoms with E-state index in [1.165, 1.54) is 0 Å². The van der Waals surface area contributed by atoms with Gasteiger partial charge < -0.3 is 5.73 Å². The lowest BCUT2D eigenvalue weighted by Gasteiger charge is -2.13. The number of rotatable bonds is 3. The Kier molecular flexibility index (Phi) is 3.11. The zero-order valence-corrected chi connectivity index (χ0v) is 10.8. The van der Waals surface area contributed by atoms with Gasteiger partial charge in [-0.05, 0) is 32.3 Å². The van der Waals surface area contributed by atoms with Gasteiger partial charge in [-0.2, -0.15) is 0 Å². The van der Waals surface area contributed by atoms with E-state index in [9.17, 15) is 0 Å². The summed E-state index contributed by atoms with van der Waals surface area (Å²) >= 11 is 0. The molecule has 0 amide bonds. The highest BCUT2D eigenvalue weighted by molar-refractivity contribution is 5.33. The second-order valence-electron chi connectivity index (χ2n) is 4.97. The summed E-state index contributed by atoms with van der Waals surface area (Å²) in [6, 6.07) is 1.93. The fraction of sp³-hybridized carbons (Fsp3) is 0.583. The Balaban J connectivity index is 2.49. The van der Waals surface area contributed by atoms with Crippen LogP contribution < -0.4 is 5.73 Å². The highest BCUT2D eigenvalue weighted by Crippen LogP contribution is 2.18. The van der Waals surface area contributed by atoms with Gasteiger partial charge in [-0.15, -0.1) is 10.2 Å². The van der Waals surface area contributed by atoms with Crippen molar-refractivity contribution in [3.8, 4) is 0 Å². The van der Waals surface area contributed by atoms with Crippen molar-refractivity contribution in [3.05, 3.63) is 23.3 Å². The molecule has 92 valence electrons. The van der Waals surface area contributed by atoms with Crippen molar-refractivity contribution < 1.29 is 0 Å². The first-order valence-corrected chi connectivity index (χ1v) is 5.94. The summed E-state index contributed by atoms with van der Waals surface area (Å²) in [6.45, 7) is 8.28. The minimum Gasteiger partial charge on any atom is -0.321 e. The maximum absolute atomic E-state index is 6.16. The van der Waals surface area contributed by atoms with Crippen molar-refractivity contribution in [3.63, 3.8) is 0 Å². The molecule has 0 saturated heterocycles. The van der Waals surface area contributed by atoms with Crippen molar-refractivity contribution in [1.29, 1.82) is 0 Å². The Morgan fingerprint density at radius 1 is 1.29 bits per heavy atom. The van der Waals surface area contributed by atoms with E-state index in [1.54, 1.807) is 0 Å². The van der Waals surface area contributed by atoms with Gasteiger partial charge in [-0.3, -0.25) is 4.40 Å². The van der Waals surface area contributed by atoms with E-state index < -0.39 is 0 Å². The van der Waals surface area contributed by atoms with Crippen LogP contribution in [0, 0.1) is 19.8 Å². The molecule has 0 aromatic carbocycles. The SMILES string of the molecule is Cc1cc(C)n2c([C@H](N)CC(C)C)nnc2n1. The summed E-state index contributed by atoms with van der Waals surface area (Å²) in [5, 5.41) is 8.27. The zero-order chi connectivity index (χ0) is 12.6. The quantitative estimate of drug-likeness (QED) is 0.877. The van der Waals surface area contributed by atoms with Gasteiger partial charge in [0, 0.05) is 11.4 Å². The monoisotopic (exact) mass is 233 g/mol. The highest BCUT2D eigenvalue weighted by atomic mass is 15.3. The van der Waals surface area contributed by atoms with E-state index >= 15 is 0 Å². The molecule has 0 bridgehead atoms. The third-order valence-electron chi connectivity index (χ3n) is 2.77. The van der Waals surface area contributed by atoms with Crippen molar-refractivity contribution in [2.45, 2.75) is 40.2 Å². The molecule has 0 fully saturated rings. The molecule has 2 aromatic heterocycles. The summed E-state index contributed by atoms with van der Waals surface area (Å²) in [4.78, 5) is 4.35. The number of hydrogen-bond acceptors (Lipinski definition) is 4. The lowest BCUT2D eigenvalue weighted by molar-refractivity contribution is 0.489. The topological polar surface area (TPSA) is 69.1 Å². The molecule has 0 spiro atoms. The lowest BCUT2D eigenvalue weighted by Crippen LogP contribution is -2.17. The van der Waals surface area contributed by atoms with Crippen LogP contribution in [0.1, 0.15) is 43.5 Å². The predicted octanol–water partition coefficient (Wildman–Crippen LogP) is 1.79. The van der Waals surface area contributed by atoms with Crippen molar-refractivity contribution in [2.75, 3.05) is 0 Å². The third-order valence-corrected chi connectivity index (χ3v) is 2.77. The van der Waals surface area contributed by atoms with E-state index in [0.717, 1.165) is 23.6 Å². The van der Waals surface area contributed by atoms with Gasteiger partial charge in [-0.25, -0.2) is 4.98 Å². The Bertz CT molecular complexity index is 529. The first-order valence-electron chi connectivity index (χ1n) is 5.94. The van der Waals surface area contributed by atoms with Gasteiger partial charge in [0.25, 0.3) is 5.78 Å². The van der Waals surface area contributed by atoms with Crippen LogP contribution in [0.5, 0.6) is 0 Å². The standard InChI is InChI=1S/C12H19N5/c1-7(2)5-10(13)11-15-16-12-14-8(3)6-9(4)17(11)12/h6-7,10H,5,13H2,1-4H3/t10-/m1/s1. The van der Waals surface area contributed by atoms with Gasteiger partial charge in [0.05, 0.1) is 6.04 Å². The van der Waals surface area contributed by atoms with Crippen LogP contribution in [0.15, 0.2) is 6.07 Å². The second kappa shape index (κ2) is 4.41. The molecule has 2 heterocycles. The van der Waals surface area contributed by atoms with Crippen LogP contribution in [0.25, 0.3) is 5.78 Å². The molecule has 5 nitrogen and oxygen atoms in total. The van der Waals surface area contributed by atoms with Crippen LogP contribution in [0.4, 0.5) is 0 Å². The summed E-state index contributed by atoms with van der Waals surface area (Å²) in [6.07, 6.45) is 0.897. The number of hydrogen-bond donors (Lipinski definition) is 1. The minimum absolute atomic E-state index is 0.0896. The molecule has 0 aliphatic heterocycles. The highest BCUT2D eigenvalue weighted by Gasteiger charge is 2.17. The molecular formula is C12H19N5. The molecule has 1 atom stereocenters. The molecule has 0 saturated carbocycles. The number of fused-ring (bicyclic) bond motifs is 1. The summed E-state index contributed by atoms with van der Waals surface area (Å²) in [5.74, 6) is 1.98. The molecule has 0 aliphatic carbocycles. The Morgan fingerprint density at radius 2 is 2.00 bits per heavy atom. The lowest BCUT2D eigenvalue weighted by atomic mass is 10.0. The van der Waals surface area contributed by atoms with Gasteiger partial charge in [-0.1, -0.05) is 13.8 Å². The maximum Gasteiger partial charge on any atom is 0.255 e. The van der Waals surface area contributed by atoms with E-state index in [-0.39, 0.29) is 6.04 Å². The molecular weight excluding hydrogens is 214 g/mol. The summed E-state index contributed by atoms with van der Waals surface area (Å²) in [7, 11) is 0. The average molecular weight is 233 g/mol. The maximum atomic E-state index is 6.16. The van der Waals surface area contributed by atoms with E-state index in [4.69, 9.17) is 5.73 Å². The third kappa shape index (κ3) is 2.29. The van der Waals surface area contributed by atoms with Crippen molar-refractivity contribution >= 4 is 5.78 Å². The molecule has 5 heteroatoms. The van der Waals surface area contributed by atoms with Crippen molar-refractivity contribution in [2.24, 2.45) is 11.7 Å². The van der Waals surface area contributed by atoms with Crippen LogP contribution in [-0.2, 0) is 0 Å². The average Bonchev–Trinajstić information content (AvgIpc) is 2.59. The first-order chi connectivity index (χ1) is 7.99. The van der Waals surface area contributed by atoms with Gasteiger partial charge in [0.15, 0.2) is 5.82 Å². The molecule has 17 heavy (non-hydrogen) atoms. The number of nitrogens with zero attached hydrogens (tertiary/aromatic N) is 4. The Hall–Kier alpha value is -1.49. The summed E-state index contributed by atoms with van der Waals surface area (Å²) in [5.41, 5.74) is 8.19. The molecule has 0 unspecified atom stereocenters. The van der Waals surface area contributed by atoms with Gasteiger partial charge >= 0.3 is 0 Å². The Morgan fingerprint density at radius 3 is 2.65 bits per heavy atom. The van der Waals surface area contributed by atoms with Crippen LogP contribution >= 0.6 is 0 Å². The largest absolute Gasteiger partial charge is 0.321 e. The summed E-state index contributed by atoms with van der Waals surface area (Å²) < 4.78 is 1.94. The van der Waals surface area contributed by atoms with Crippen LogP contribution in [-0.4, -0.2) is 19.6 Å². The second-order valence-corrected chi connectivity index (χ2v) is 4.97. The predicted molar refractivity (Wildman–Crippen MR) is 66.6 cm³/mol. The normalized spacial score (nSPS) is 13.5. The number of nitrogens with two attached hydrogens (primary N) is 1. The Labute approximate surface area is 101 Å². The zero-order valence-electron chi connectivity index (χ0n) is 10.8. The van der Waals surface area contributed by atoms with E-state index in [2.05, 4.69) is 29.0 Å². The van der Waals surface area contributed by atoms with Crippen LogP contribution in [0.2, 0.25) is 0 Å². The fourth-order valence-corrected chi connectivity index (χ4v) is 2.11. The molecule has 0 aliphatic rings.